The fourth-order valence-corrected chi connectivity index (χ4v) is 1.97. The van der Waals surface area contributed by atoms with Gasteiger partial charge in [0.15, 0.2) is 0 Å². The molecule has 0 spiro atoms. The summed E-state index contributed by atoms with van der Waals surface area (Å²) in [5, 5.41) is 9.91. The lowest BCUT2D eigenvalue weighted by Gasteiger charge is -2.22. The molecule has 0 heterocycles. The standard InChI is InChI=1S/C11H14O/c1-11(2)7-8-5-3-4-6-9(8)10(11)12/h3-6,10,12H,7H2,1-2H3/t10-/m1/s1. The molecule has 1 aliphatic carbocycles. The number of aliphatic hydroxyl groups excluding tert-OH is 1. The zero-order valence-electron chi connectivity index (χ0n) is 7.54. The lowest BCUT2D eigenvalue weighted by Crippen LogP contribution is -2.16. The minimum absolute atomic E-state index is 0.0175. The van der Waals surface area contributed by atoms with E-state index in [0.717, 1.165) is 12.0 Å². The second kappa shape index (κ2) is 2.33. The van der Waals surface area contributed by atoms with Crippen molar-refractivity contribution in [3.8, 4) is 0 Å². The van der Waals surface area contributed by atoms with Gasteiger partial charge in [0, 0.05) is 0 Å². The largest absolute Gasteiger partial charge is 0.388 e. The average molecular weight is 162 g/mol. The molecule has 1 aromatic carbocycles. The number of benzene rings is 1. The van der Waals surface area contributed by atoms with Crippen molar-refractivity contribution in [2.75, 3.05) is 0 Å². The van der Waals surface area contributed by atoms with E-state index in [2.05, 4.69) is 19.9 Å². The number of hydrogen-bond acceptors (Lipinski definition) is 1. The maximum atomic E-state index is 9.91. The Labute approximate surface area is 73.0 Å². The highest BCUT2D eigenvalue weighted by Gasteiger charge is 2.36. The van der Waals surface area contributed by atoms with E-state index in [9.17, 15) is 5.11 Å². The van der Waals surface area contributed by atoms with E-state index in [4.69, 9.17) is 0 Å². The van der Waals surface area contributed by atoms with Crippen molar-refractivity contribution < 1.29 is 5.11 Å². The van der Waals surface area contributed by atoms with Crippen molar-refractivity contribution in [2.24, 2.45) is 5.41 Å². The molecule has 1 heteroatoms. The number of rotatable bonds is 0. The summed E-state index contributed by atoms with van der Waals surface area (Å²) in [6, 6.07) is 8.15. The lowest BCUT2D eigenvalue weighted by molar-refractivity contribution is 0.0666. The first-order valence-electron chi connectivity index (χ1n) is 4.37. The summed E-state index contributed by atoms with van der Waals surface area (Å²) in [6.45, 7) is 4.22. The highest BCUT2D eigenvalue weighted by atomic mass is 16.3. The quantitative estimate of drug-likeness (QED) is 0.620. The van der Waals surface area contributed by atoms with Crippen LogP contribution in [0.1, 0.15) is 31.1 Å². The molecule has 0 saturated carbocycles. The molecule has 2 rings (SSSR count). The van der Waals surface area contributed by atoms with Crippen LogP contribution in [0.25, 0.3) is 0 Å². The third-order valence-corrected chi connectivity index (χ3v) is 2.74. The van der Waals surface area contributed by atoms with Crippen molar-refractivity contribution in [3.05, 3.63) is 35.4 Å². The van der Waals surface area contributed by atoms with Gasteiger partial charge in [-0.3, -0.25) is 0 Å². The Kier molecular flexibility index (Phi) is 1.52. The van der Waals surface area contributed by atoms with Gasteiger partial charge >= 0.3 is 0 Å². The van der Waals surface area contributed by atoms with Crippen LogP contribution < -0.4 is 0 Å². The molecule has 1 nitrogen and oxygen atoms in total. The van der Waals surface area contributed by atoms with E-state index in [1.54, 1.807) is 0 Å². The van der Waals surface area contributed by atoms with Crippen molar-refractivity contribution in [2.45, 2.75) is 26.4 Å². The van der Waals surface area contributed by atoms with E-state index in [1.807, 2.05) is 18.2 Å². The van der Waals surface area contributed by atoms with E-state index < -0.39 is 0 Å². The molecular formula is C11H14O. The first-order chi connectivity index (χ1) is 5.61. The van der Waals surface area contributed by atoms with Crippen LogP contribution in [0.15, 0.2) is 24.3 Å². The van der Waals surface area contributed by atoms with Gasteiger partial charge in [-0.2, -0.15) is 0 Å². The van der Waals surface area contributed by atoms with Gasteiger partial charge in [-0.15, -0.1) is 0 Å². The molecule has 0 unspecified atom stereocenters. The normalized spacial score (nSPS) is 25.4. The molecule has 0 amide bonds. The summed E-state index contributed by atoms with van der Waals surface area (Å²) in [7, 11) is 0. The first kappa shape index (κ1) is 7.81. The first-order valence-corrected chi connectivity index (χ1v) is 4.37. The summed E-state index contributed by atoms with van der Waals surface area (Å²) in [5.41, 5.74) is 2.43. The Hall–Kier alpha value is -0.820. The molecule has 1 atom stereocenters. The number of aliphatic hydroxyl groups is 1. The third kappa shape index (κ3) is 0.969. The molecule has 0 aliphatic heterocycles. The van der Waals surface area contributed by atoms with Gasteiger partial charge in [-0.1, -0.05) is 38.1 Å². The van der Waals surface area contributed by atoms with Crippen molar-refractivity contribution >= 4 is 0 Å². The van der Waals surface area contributed by atoms with E-state index >= 15 is 0 Å². The fraction of sp³-hybridized carbons (Fsp3) is 0.455. The van der Waals surface area contributed by atoms with Crippen LogP contribution in [0, 0.1) is 5.41 Å². The van der Waals surface area contributed by atoms with Gasteiger partial charge in [0.25, 0.3) is 0 Å². The molecule has 0 radical (unpaired) electrons. The van der Waals surface area contributed by atoms with Crippen molar-refractivity contribution in [1.82, 2.24) is 0 Å². The highest BCUT2D eigenvalue weighted by Crippen LogP contribution is 2.44. The topological polar surface area (TPSA) is 20.2 Å². The minimum Gasteiger partial charge on any atom is -0.388 e. The van der Waals surface area contributed by atoms with Crippen LogP contribution in [-0.4, -0.2) is 5.11 Å². The molecular weight excluding hydrogens is 148 g/mol. The zero-order chi connectivity index (χ0) is 8.77. The van der Waals surface area contributed by atoms with Gasteiger partial charge in [-0.05, 0) is 23.0 Å². The van der Waals surface area contributed by atoms with Crippen LogP contribution in [0.4, 0.5) is 0 Å². The Morgan fingerprint density at radius 3 is 2.67 bits per heavy atom. The number of hydrogen-bond donors (Lipinski definition) is 1. The van der Waals surface area contributed by atoms with Gasteiger partial charge in [0.2, 0.25) is 0 Å². The average Bonchev–Trinajstić information content (AvgIpc) is 2.24. The zero-order valence-corrected chi connectivity index (χ0v) is 7.54. The third-order valence-electron chi connectivity index (χ3n) is 2.74. The van der Waals surface area contributed by atoms with E-state index in [1.165, 1.54) is 5.56 Å². The van der Waals surface area contributed by atoms with Crippen LogP contribution in [-0.2, 0) is 6.42 Å². The molecule has 1 N–H and O–H groups in total. The molecule has 1 aromatic rings. The summed E-state index contributed by atoms with van der Waals surface area (Å²) in [6.07, 6.45) is 0.707. The highest BCUT2D eigenvalue weighted by molar-refractivity contribution is 5.35. The van der Waals surface area contributed by atoms with Gasteiger partial charge in [0.05, 0.1) is 6.10 Å². The summed E-state index contributed by atoms with van der Waals surface area (Å²) in [4.78, 5) is 0. The summed E-state index contributed by atoms with van der Waals surface area (Å²) >= 11 is 0. The second-order valence-electron chi connectivity index (χ2n) is 4.27. The Morgan fingerprint density at radius 1 is 1.33 bits per heavy atom. The number of fused-ring (bicyclic) bond motifs is 1. The van der Waals surface area contributed by atoms with Crippen LogP contribution in [0.2, 0.25) is 0 Å². The molecule has 1 aliphatic rings. The van der Waals surface area contributed by atoms with Crippen molar-refractivity contribution in [3.63, 3.8) is 0 Å². The smallest absolute Gasteiger partial charge is 0.0846 e. The SMILES string of the molecule is CC1(C)Cc2ccccc2[C@H]1O. The van der Waals surface area contributed by atoms with Crippen LogP contribution in [0.3, 0.4) is 0 Å². The van der Waals surface area contributed by atoms with E-state index in [0.29, 0.717) is 0 Å². The molecule has 0 aromatic heterocycles. The van der Waals surface area contributed by atoms with Gasteiger partial charge in [-0.25, -0.2) is 0 Å². The molecule has 0 saturated heterocycles. The van der Waals surface area contributed by atoms with Gasteiger partial charge < -0.3 is 5.11 Å². The fourth-order valence-electron chi connectivity index (χ4n) is 1.97. The predicted octanol–water partition coefficient (Wildman–Crippen LogP) is 2.30. The Morgan fingerprint density at radius 2 is 2.00 bits per heavy atom. The molecule has 0 fully saturated rings. The minimum atomic E-state index is -0.284. The summed E-state index contributed by atoms with van der Waals surface area (Å²) in [5.74, 6) is 0. The maximum absolute atomic E-state index is 9.91. The molecule has 12 heavy (non-hydrogen) atoms. The maximum Gasteiger partial charge on any atom is 0.0846 e. The van der Waals surface area contributed by atoms with Crippen LogP contribution in [0.5, 0.6) is 0 Å². The monoisotopic (exact) mass is 162 g/mol. The predicted molar refractivity (Wildman–Crippen MR) is 48.9 cm³/mol. The van der Waals surface area contributed by atoms with Crippen molar-refractivity contribution in [1.29, 1.82) is 0 Å². The lowest BCUT2D eigenvalue weighted by atomic mass is 9.88. The molecule has 0 bridgehead atoms. The second-order valence-corrected chi connectivity index (χ2v) is 4.27. The Bertz CT molecular complexity index is 302. The van der Waals surface area contributed by atoms with E-state index in [-0.39, 0.29) is 11.5 Å². The molecule has 64 valence electrons. The van der Waals surface area contributed by atoms with Crippen LogP contribution >= 0.6 is 0 Å². The summed E-state index contributed by atoms with van der Waals surface area (Å²) < 4.78 is 0. The Balaban J connectivity index is 2.49. The van der Waals surface area contributed by atoms with Gasteiger partial charge in [0.1, 0.15) is 0 Å².